The third-order valence-electron chi connectivity index (χ3n) is 8.20. The molecule has 162 valence electrons. The van der Waals surface area contributed by atoms with Gasteiger partial charge in [0.25, 0.3) is 0 Å². The molecule has 0 N–H and O–H groups in total. The molecule has 1 aromatic carbocycles. The molecule has 4 atom stereocenters. The minimum atomic E-state index is -0.196. The number of halogens is 1. The van der Waals surface area contributed by atoms with E-state index < -0.39 is 0 Å². The number of ether oxygens (including phenoxy) is 1. The highest BCUT2D eigenvalue weighted by atomic mass is 19.1. The lowest BCUT2D eigenvalue weighted by atomic mass is 9.59. The normalized spacial score (nSPS) is 34.6. The predicted octanol–water partition coefficient (Wildman–Crippen LogP) is 4.41. The van der Waals surface area contributed by atoms with Gasteiger partial charge in [-0.05, 0) is 68.7 Å². The summed E-state index contributed by atoms with van der Waals surface area (Å²) in [4.78, 5) is 17.5. The molecule has 30 heavy (non-hydrogen) atoms. The fraction of sp³-hybridized carbons (Fsp3) is 0.640. The van der Waals surface area contributed by atoms with Gasteiger partial charge in [-0.25, -0.2) is 4.39 Å². The minimum absolute atomic E-state index is 0.000789. The van der Waals surface area contributed by atoms with Crippen molar-refractivity contribution in [2.45, 2.75) is 52.1 Å². The van der Waals surface area contributed by atoms with Crippen molar-refractivity contribution in [1.29, 1.82) is 0 Å². The van der Waals surface area contributed by atoms with Crippen molar-refractivity contribution in [1.82, 2.24) is 4.90 Å². The van der Waals surface area contributed by atoms with Crippen LogP contribution in [0.3, 0.4) is 0 Å². The second kappa shape index (κ2) is 7.67. The van der Waals surface area contributed by atoms with Crippen LogP contribution in [-0.4, -0.2) is 49.7 Å². The molecule has 3 fully saturated rings. The van der Waals surface area contributed by atoms with Gasteiger partial charge in [-0.2, -0.15) is 0 Å². The summed E-state index contributed by atoms with van der Waals surface area (Å²) < 4.78 is 19.1. The van der Waals surface area contributed by atoms with Gasteiger partial charge in [-0.3, -0.25) is 9.69 Å². The largest absolute Gasteiger partial charge is 0.462 e. The Bertz CT molecular complexity index is 843. The number of hydrogen-bond donors (Lipinski definition) is 0. The monoisotopic (exact) mass is 412 g/mol. The second-order valence-corrected chi connectivity index (χ2v) is 10.1. The maximum Gasteiger partial charge on any atom is 0.310 e. The molecule has 1 saturated carbocycles. The first-order valence-corrected chi connectivity index (χ1v) is 11.6. The van der Waals surface area contributed by atoms with Crippen LogP contribution in [0.4, 0.5) is 10.1 Å². The van der Waals surface area contributed by atoms with E-state index in [1.54, 1.807) is 11.1 Å². The maximum absolute atomic E-state index is 13.2. The van der Waals surface area contributed by atoms with Crippen molar-refractivity contribution in [3.05, 3.63) is 41.2 Å². The molecule has 2 aliphatic carbocycles. The van der Waals surface area contributed by atoms with Crippen molar-refractivity contribution < 1.29 is 13.9 Å². The van der Waals surface area contributed by atoms with Crippen LogP contribution in [0.25, 0.3) is 0 Å². The molecule has 2 saturated heterocycles. The van der Waals surface area contributed by atoms with E-state index in [2.05, 4.69) is 23.6 Å². The lowest BCUT2D eigenvalue weighted by molar-refractivity contribution is -0.145. The Morgan fingerprint density at radius 2 is 1.90 bits per heavy atom. The molecule has 5 rings (SSSR count). The molecule has 5 heteroatoms. The standard InChI is InChI=1S/C25H33FN2O2/c1-17-4-3-9-25(2)15-23-20(14-22(17)25)21(24(29)30-23)16-27-10-12-28(13-11-27)19-7-5-18(26)6-8-19/h5-8,20-21,23H,3-4,9-16H2,1-2H3/t20-,21+,23+,25+/m0/s1. The average molecular weight is 413 g/mol. The molecule has 0 aromatic heterocycles. The van der Waals surface area contributed by atoms with Gasteiger partial charge in [-0.15, -0.1) is 0 Å². The van der Waals surface area contributed by atoms with E-state index in [1.165, 1.54) is 31.4 Å². The van der Waals surface area contributed by atoms with E-state index in [0.717, 1.165) is 51.3 Å². The van der Waals surface area contributed by atoms with Gasteiger partial charge >= 0.3 is 5.97 Å². The van der Waals surface area contributed by atoms with E-state index >= 15 is 0 Å². The first-order valence-electron chi connectivity index (χ1n) is 11.6. The Balaban J connectivity index is 1.24. The van der Waals surface area contributed by atoms with Crippen LogP contribution in [0.15, 0.2) is 35.4 Å². The molecule has 0 bridgehead atoms. The Morgan fingerprint density at radius 1 is 1.17 bits per heavy atom. The first-order chi connectivity index (χ1) is 14.4. The van der Waals surface area contributed by atoms with Crippen LogP contribution in [0.5, 0.6) is 0 Å². The SMILES string of the molecule is CC1=C2C[C@@H]3[C@@H](C[C@@]2(C)CCC1)OC(=O)[C@@H]3CN1CCN(c2ccc(F)cc2)CC1. The molecular formula is C25H33FN2O2. The van der Waals surface area contributed by atoms with Crippen LogP contribution in [0.2, 0.25) is 0 Å². The third-order valence-corrected chi connectivity index (χ3v) is 8.20. The number of carbonyl (C=O) groups is 1. The van der Waals surface area contributed by atoms with Crippen molar-refractivity contribution in [2.75, 3.05) is 37.6 Å². The zero-order valence-electron chi connectivity index (χ0n) is 18.2. The number of benzene rings is 1. The van der Waals surface area contributed by atoms with Crippen LogP contribution < -0.4 is 4.90 Å². The predicted molar refractivity (Wildman–Crippen MR) is 116 cm³/mol. The number of hydrogen-bond acceptors (Lipinski definition) is 4. The molecule has 0 unspecified atom stereocenters. The van der Waals surface area contributed by atoms with Gasteiger partial charge in [-0.1, -0.05) is 18.1 Å². The van der Waals surface area contributed by atoms with Crippen molar-refractivity contribution in [3.63, 3.8) is 0 Å². The highest BCUT2D eigenvalue weighted by Crippen LogP contribution is 2.55. The summed E-state index contributed by atoms with van der Waals surface area (Å²) in [5, 5.41) is 0. The summed E-state index contributed by atoms with van der Waals surface area (Å²) in [5.74, 6) is 0.160. The second-order valence-electron chi connectivity index (χ2n) is 10.1. The van der Waals surface area contributed by atoms with E-state index in [9.17, 15) is 9.18 Å². The van der Waals surface area contributed by atoms with Gasteiger partial charge in [0.2, 0.25) is 0 Å². The Morgan fingerprint density at radius 3 is 2.63 bits per heavy atom. The highest BCUT2D eigenvalue weighted by molar-refractivity contribution is 5.76. The Hall–Kier alpha value is -1.88. The van der Waals surface area contributed by atoms with Gasteiger partial charge < -0.3 is 9.64 Å². The zero-order chi connectivity index (χ0) is 20.9. The number of esters is 1. The summed E-state index contributed by atoms with van der Waals surface area (Å²) >= 11 is 0. The molecule has 2 aliphatic heterocycles. The quantitative estimate of drug-likeness (QED) is 0.544. The van der Waals surface area contributed by atoms with Crippen molar-refractivity contribution >= 4 is 11.7 Å². The molecule has 0 radical (unpaired) electrons. The molecule has 4 nitrogen and oxygen atoms in total. The molecule has 0 spiro atoms. The number of rotatable bonds is 3. The van der Waals surface area contributed by atoms with Crippen LogP contribution in [0.1, 0.15) is 46.0 Å². The summed E-state index contributed by atoms with van der Waals surface area (Å²) in [6.45, 7) is 9.16. The number of fused-ring (bicyclic) bond motifs is 2. The van der Waals surface area contributed by atoms with Crippen LogP contribution in [0, 0.1) is 23.1 Å². The van der Waals surface area contributed by atoms with E-state index in [0.29, 0.717) is 5.92 Å². The van der Waals surface area contributed by atoms with Crippen molar-refractivity contribution in [3.8, 4) is 0 Å². The zero-order valence-corrected chi connectivity index (χ0v) is 18.2. The summed E-state index contributed by atoms with van der Waals surface area (Å²) in [6, 6.07) is 6.75. The molecular weight excluding hydrogens is 379 g/mol. The number of piperazine rings is 1. The fourth-order valence-corrected chi connectivity index (χ4v) is 6.44. The highest BCUT2D eigenvalue weighted by Gasteiger charge is 2.53. The summed E-state index contributed by atoms with van der Waals surface area (Å²) in [5.41, 5.74) is 4.50. The maximum atomic E-state index is 13.2. The smallest absolute Gasteiger partial charge is 0.310 e. The molecule has 1 aromatic rings. The number of anilines is 1. The molecule has 0 amide bonds. The lowest BCUT2D eigenvalue weighted by Gasteiger charge is -2.46. The van der Waals surface area contributed by atoms with Crippen LogP contribution >= 0.6 is 0 Å². The van der Waals surface area contributed by atoms with Crippen molar-refractivity contribution in [2.24, 2.45) is 17.3 Å². The Kier molecular flexibility index (Phi) is 5.12. The number of carbonyl (C=O) groups excluding carboxylic acids is 1. The summed E-state index contributed by atoms with van der Waals surface area (Å²) in [7, 11) is 0. The number of allylic oxidation sites excluding steroid dienone is 2. The van der Waals surface area contributed by atoms with Gasteiger partial charge in [0.05, 0.1) is 5.92 Å². The third kappa shape index (κ3) is 3.55. The summed E-state index contributed by atoms with van der Waals surface area (Å²) in [6.07, 6.45) is 5.86. The van der Waals surface area contributed by atoms with Gasteiger partial charge in [0, 0.05) is 44.3 Å². The Labute approximate surface area is 179 Å². The van der Waals surface area contributed by atoms with Gasteiger partial charge in [0.1, 0.15) is 11.9 Å². The van der Waals surface area contributed by atoms with Crippen LogP contribution in [-0.2, 0) is 9.53 Å². The van der Waals surface area contributed by atoms with E-state index in [4.69, 9.17) is 4.74 Å². The minimum Gasteiger partial charge on any atom is -0.462 e. The number of nitrogens with zero attached hydrogens (tertiary/aromatic N) is 2. The van der Waals surface area contributed by atoms with E-state index in [-0.39, 0.29) is 29.2 Å². The fourth-order valence-electron chi connectivity index (χ4n) is 6.44. The van der Waals surface area contributed by atoms with Gasteiger partial charge in [0.15, 0.2) is 0 Å². The molecule has 4 aliphatic rings. The first kappa shape index (κ1) is 20.0. The topological polar surface area (TPSA) is 32.8 Å². The molecule has 2 heterocycles. The average Bonchev–Trinajstić information content (AvgIpc) is 3.01. The lowest BCUT2D eigenvalue weighted by Crippen LogP contribution is -2.49. The van der Waals surface area contributed by atoms with E-state index in [1.807, 2.05) is 12.1 Å².